The fraction of sp³-hybridized carbons (Fsp3) is 0.211. The molecule has 1 N–H and O–H groups in total. The number of carbonyl (C=O) groups excluding carboxylic acids is 1. The maximum atomic E-state index is 12.6. The van der Waals surface area contributed by atoms with E-state index in [4.69, 9.17) is 16.3 Å². The third-order valence-corrected chi connectivity index (χ3v) is 4.50. The number of hydrogen-bond donors (Lipinski definition) is 1. The second-order valence-corrected chi connectivity index (χ2v) is 6.04. The van der Waals surface area contributed by atoms with Gasteiger partial charge in [0.1, 0.15) is 11.8 Å². The van der Waals surface area contributed by atoms with Crippen LogP contribution >= 0.6 is 11.6 Å². The number of ether oxygens (including phenoxy) is 1. The van der Waals surface area contributed by atoms with E-state index in [-0.39, 0.29) is 12.1 Å². The third-order valence-electron chi connectivity index (χ3n) is 4.16. The number of urea groups is 1. The van der Waals surface area contributed by atoms with E-state index < -0.39 is 0 Å². The fourth-order valence-electron chi connectivity index (χ4n) is 2.91. The van der Waals surface area contributed by atoms with Crippen molar-refractivity contribution in [1.82, 2.24) is 10.2 Å². The van der Waals surface area contributed by atoms with Crippen molar-refractivity contribution in [3.63, 3.8) is 0 Å². The number of methoxy groups -OCH3 is 1. The van der Waals surface area contributed by atoms with Gasteiger partial charge in [-0.1, -0.05) is 60.1 Å². The van der Waals surface area contributed by atoms with Crippen LogP contribution in [0.5, 0.6) is 0 Å². The normalized spacial score (nSPS) is 17.7. The van der Waals surface area contributed by atoms with Crippen LogP contribution in [0.4, 0.5) is 4.79 Å². The van der Waals surface area contributed by atoms with E-state index in [1.807, 2.05) is 61.5 Å². The van der Waals surface area contributed by atoms with Crippen molar-refractivity contribution in [2.24, 2.45) is 0 Å². The van der Waals surface area contributed by atoms with Crippen molar-refractivity contribution in [3.8, 4) is 0 Å². The molecule has 2 aromatic carbocycles. The molecule has 0 radical (unpaired) electrons. The van der Waals surface area contributed by atoms with Gasteiger partial charge in [0.25, 0.3) is 0 Å². The Labute approximate surface area is 146 Å². The van der Waals surface area contributed by atoms with Gasteiger partial charge < -0.3 is 10.1 Å². The molecule has 124 valence electrons. The SMILES string of the molecule is COC1=C(C)N(Cc2ccccc2)C(=O)NC1c1ccccc1Cl. The Hall–Kier alpha value is -2.46. The molecule has 0 bridgehead atoms. The Morgan fingerprint density at radius 3 is 2.46 bits per heavy atom. The molecule has 0 fully saturated rings. The first-order valence-corrected chi connectivity index (χ1v) is 8.10. The topological polar surface area (TPSA) is 41.6 Å². The minimum Gasteiger partial charge on any atom is -0.497 e. The van der Waals surface area contributed by atoms with E-state index in [0.717, 1.165) is 16.8 Å². The summed E-state index contributed by atoms with van der Waals surface area (Å²) in [5.74, 6) is 0.693. The summed E-state index contributed by atoms with van der Waals surface area (Å²) in [7, 11) is 1.61. The zero-order valence-corrected chi connectivity index (χ0v) is 14.4. The molecule has 1 unspecified atom stereocenters. The van der Waals surface area contributed by atoms with Gasteiger partial charge in [0, 0.05) is 10.6 Å². The number of carbonyl (C=O) groups is 1. The van der Waals surface area contributed by atoms with Gasteiger partial charge in [-0.3, -0.25) is 4.90 Å². The first-order chi connectivity index (χ1) is 11.6. The highest BCUT2D eigenvalue weighted by Gasteiger charge is 2.33. The number of rotatable bonds is 4. The number of hydrogen-bond acceptors (Lipinski definition) is 2. The first-order valence-electron chi connectivity index (χ1n) is 7.73. The molecule has 0 spiro atoms. The first kappa shape index (κ1) is 16.4. The van der Waals surface area contributed by atoms with Crippen LogP contribution < -0.4 is 5.32 Å². The maximum Gasteiger partial charge on any atom is 0.322 e. The molecule has 0 saturated carbocycles. The summed E-state index contributed by atoms with van der Waals surface area (Å²) in [5.41, 5.74) is 2.66. The highest BCUT2D eigenvalue weighted by molar-refractivity contribution is 6.31. The Morgan fingerprint density at radius 2 is 1.79 bits per heavy atom. The van der Waals surface area contributed by atoms with Gasteiger partial charge in [-0.15, -0.1) is 0 Å². The zero-order chi connectivity index (χ0) is 17.1. The van der Waals surface area contributed by atoms with Gasteiger partial charge in [0.05, 0.1) is 19.4 Å². The molecule has 1 atom stereocenters. The third kappa shape index (κ3) is 3.10. The number of halogens is 1. The molecule has 1 heterocycles. The minimum absolute atomic E-state index is 0.165. The molecule has 0 saturated heterocycles. The molecular formula is C19H19ClN2O2. The molecule has 0 aliphatic carbocycles. The van der Waals surface area contributed by atoms with Crippen LogP contribution in [0.15, 0.2) is 66.1 Å². The van der Waals surface area contributed by atoms with Gasteiger partial charge in [0.2, 0.25) is 0 Å². The Kier molecular flexibility index (Phi) is 4.76. The maximum absolute atomic E-state index is 12.6. The molecule has 2 aromatic rings. The van der Waals surface area contributed by atoms with Crippen LogP contribution in [0, 0.1) is 0 Å². The highest BCUT2D eigenvalue weighted by Crippen LogP contribution is 2.34. The predicted octanol–water partition coefficient (Wildman–Crippen LogP) is 4.48. The largest absolute Gasteiger partial charge is 0.497 e. The highest BCUT2D eigenvalue weighted by atomic mass is 35.5. The summed E-state index contributed by atoms with van der Waals surface area (Å²) in [4.78, 5) is 14.3. The number of nitrogens with one attached hydrogen (secondary N) is 1. The van der Waals surface area contributed by atoms with Gasteiger partial charge in [-0.2, -0.15) is 0 Å². The van der Waals surface area contributed by atoms with Crippen LogP contribution in [0.2, 0.25) is 5.02 Å². The smallest absolute Gasteiger partial charge is 0.322 e. The quantitative estimate of drug-likeness (QED) is 0.889. The van der Waals surface area contributed by atoms with Crippen molar-refractivity contribution in [2.75, 3.05) is 7.11 Å². The monoisotopic (exact) mass is 342 g/mol. The van der Waals surface area contributed by atoms with Crippen LogP contribution in [0.3, 0.4) is 0 Å². The summed E-state index contributed by atoms with van der Waals surface area (Å²) in [6, 6.07) is 16.8. The summed E-state index contributed by atoms with van der Waals surface area (Å²) in [5, 5.41) is 3.59. The summed E-state index contributed by atoms with van der Waals surface area (Å²) < 4.78 is 5.61. The average Bonchev–Trinajstić information content (AvgIpc) is 2.59. The van der Waals surface area contributed by atoms with Crippen LogP contribution in [-0.4, -0.2) is 18.0 Å². The number of nitrogens with zero attached hydrogens (tertiary/aromatic N) is 1. The van der Waals surface area contributed by atoms with Gasteiger partial charge in [-0.05, 0) is 18.6 Å². The fourth-order valence-corrected chi connectivity index (χ4v) is 3.16. The molecule has 3 rings (SSSR count). The van der Waals surface area contributed by atoms with E-state index in [1.165, 1.54) is 0 Å². The average molecular weight is 343 g/mol. The summed E-state index contributed by atoms with van der Waals surface area (Å²) >= 11 is 6.30. The Bertz CT molecular complexity index is 774. The Morgan fingerprint density at radius 1 is 1.12 bits per heavy atom. The predicted molar refractivity (Wildman–Crippen MR) is 94.4 cm³/mol. The molecule has 2 amide bonds. The van der Waals surface area contributed by atoms with Crippen molar-refractivity contribution < 1.29 is 9.53 Å². The zero-order valence-electron chi connectivity index (χ0n) is 13.6. The van der Waals surface area contributed by atoms with E-state index in [9.17, 15) is 4.79 Å². The molecule has 24 heavy (non-hydrogen) atoms. The van der Waals surface area contributed by atoms with Crippen LogP contribution in [-0.2, 0) is 11.3 Å². The van der Waals surface area contributed by atoms with E-state index >= 15 is 0 Å². The number of amides is 2. The van der Waals surface area contributed by atoms with Crippen molar-refractivity contribution in [1.29, 1.82) is 0 Å². The lowest BCUT2D eigenvalue weighted by Gasteiger charge is -2.35. The number of allylic oxidation sites excluding steroid dienone is 1. The van der Waals surface area contributed by atoms with Crippen LogP contribution in [0.1, 0.15) is 24.1 Å². The second kappa shape index (κ2) is 6.97. The lowest BCUT2D eigenvalue weighted by atomic mass is 10.0. The van der Waals surface area contributed by atoms with Crippen molar-refractivity contribution in [2.45, 2.75) is 19.5 Å². The molecular weight excluding hydrogens is 324 g/mol. The standard InChI is InChI=1S/C19H19ClN2O2/c1-13-18(24-2)17(15-10-6-7-11-16(15)20)21-19(23)22(13)12-14-8-4-3-5-9-14/h3-11,17H,12H2,1-2H3,(H,21,23). The molecule has 1 aliphatic heterocycles. The van der Waals surface area contributed by atoms with Crippen molar-refractivity contribution >= 4 is 17.6 Å². The van der Waals surface area contributed by atoms with E-state index in [2.05, 4.69) is 5.32 Å². The van der Waals surface area contributed by atoms with Gasteiger partial charge in [-0.25, -0.2) is 4.79 Å². The molecule has 0 aromatic heterocycles. The molecule has 5 heteroatoms. The summed E-state index contributed by atoms with van der Waals surface area (Å²) in [6.45, 7) is 2.38. The van der Waals surface area contributed by atoms with Crippen LogP contribution in [0.25, 0.3) is 0 Å². The van der Waals surface area contributed by atoms with E-state index in [0.29, 0.717) is 17.3 Å². The minimum atomic E-state index is -0.386. The number of benzene rings is 2. The second-order valence-electron chi connectivity index (χ2n) is 5.63. The molecule has 1 aliphatic rings. The van der Waals surface area contributed by atoms with Gasteiger partial charge in [0.15, 0.2) is 0 Å². The lowest BCUT2D eigenvalue weighted by Crippen LogP contribution is -2.46. The Balaban J connectivity index is 1.97. The van der Waals surface area contributed by atoms with Crippen molar-refractivity contribution in [3.05, 3.63) is 82.2 Å². The molecule has 4 nitrogen and oxygen atoms in total. The van der Waals surface area contributed by atoms with E-state index in [1.54, 1.807) is 12.0 Å². The lowest BCUT2D eigenvalue weighted by molar-refractivity contribution is 0.171. The van der Waals surface area contributed by atoms with Gasteiger partial charge >= 0.3 is 6.03 Å². The summed E-state index contributed by atoms with van der Waals surface area (Å²) in [6.07, 6.45) is 0.